The van der Waals surface area contributed by atoms with Gasteiger partial charge in [0.2, 0.25) is 0 Å². The summed E-state index contributed by atoms with van der Waals surface area (Å²) in [6, 6.07) is 0. The van der Waals surface area contributed by atoms with Gasteiger partial charge < -0.3 is 11.1 Å². The number of rotatable bonds is 4. The highest BCUT2D eigenvalue weighted by molar-refractivity contribution is 5.54. The van der Waals surface area contributed by atoms with E-state index < -0.39 is 0 Å². The molecule has 1 aliphatic rings. The van der Waals surface area contributed by atoms with E-state index >= 15 is 0 Å². The minimum absolute atomic E-state index is 0.585. The highest BCUT2D eigenvalue weighted by atomic mass is 15.0. The minimum atomic E-state index is 0.585. The normalized spacial score (nSPS) is 23.3. The van der Waals surface area contributed by atoms with Crippen LogP contribution in [0, 0.1) is 25.7 Å². The highest BCUT2D eigenvalue weighted by Crippen LogP contribution is 2.30. The zero-order chi connectivity index (χ0) is 13.8. The van der Waals surface area contributed by atoms with Crippen molar-refractivity contribution >= 4 is 11.6 Å². The fourth-order valence-corrected chi connectivity index (χ4v) is 3.04. The van der Waals surface area contributed by atoms with E-state index in [9.17, 15) is 0 Å². The molecule has 1 aromatic rings. The molecular formula is C15H26N4. The first-order valence-electron chi connectivity index (χ1n) is 7.41. The van der Waals surface area contributed by atoms with Crippen molar-refractivity contribution in [1.82, 2.24) is 9.97 Å². The number of nitrogens with zero attached hydrogens (tertiary/aromatic N) is 2. The van der Waals surface area contributed by atoms with Gasteiger partial charge in [0.05, 0.1) is 0 Å². The number of nitrogens with one attached hydrogen (secondary N) is 1. The smallest absolute Gasteiger partial charge is 0.134 e. The van der Waals surface area contributed by atoms with E-state index in [2.05, 4.69) is 22.2 Å². The lowest BCUT2D eigenvalue weighted by molar-refractivity contribution is 0.274. The molecule has 2 atom stereocenters. The maximum atomic E-state index is 5.86. The van der Waals surface area contributed by atoms with E-state index in [1.807, 2.05) is 13.8 Å². The first kappa shape index (κ1) is 14.1. The van der Waals surface area contributed by atoms with Crippen LogP contribution in [0.25, 0.3) is 0 Å². The molecule has 0 bridgehead atoms. The Hall–Kier alpha value is -1.32. The molecule has 0 aromatic carbocycles. The first-order valence-corrected chi connectivity index (χ1v) is 7.41. The Bertz CT molecular complexity index is 430. The maximum Gasteiger partial charge on any atom is 0.134 e. The second-order valence-corrected chi connectivity index (χ2v) is 5.98. The maximum absolute atomic E-state index is 5.86. The number of hydrogen-bond acceptors (Lipinski definition) is 4. The van der Waals surface area contributed by atoms with Crippen LogP contribution in [-0.2, 0) is 0 Å². The lowest BCUT2D eigenvalue weighted by Gasteiger charge is -2.26. The van der Waals surface area contributed by atoms with Gasteiger partial charge in [-0.05, 0) is 38.5 Å². The van der Waals surface area contributed by atoms with E-state index in [1.54, 1.807) is 0 Å². The average Bonchev–Trinajstić information content (AvgIpc) is 2.35. The Labute approximate surface area is 116 Å². The number of aromatic nitrogens is 2. The third-order valence-electron chi connectivity index (χ3n) is 4.19. The van der Waals surface area contributed by atoms with E-state index in [1.165, 1.54) is 32.1 Å². The molecule has 1 aromatic heterocycles. The van der Waals surface area contributed by atoms with Crippen molar-refractivity contribution in [1.29, 1.82) is 0 Å². The molecule has 106 valence electrons. The van der Waals surface area contributed by atoms with E-state index in [4.69, 9.17) is 5.73 Å². The van der Waals surface area contributed by atoms with Crippen LogP contribution in [0.15, 0.2) is 0 Å². The Morgan fingerprint density at radius 3 is 2.79 bits per heavy atom. The fourth-order valence-electron chi connectivity index (χ4n) is 3.04. The molecule has 3 N–H and O–H groups in total. The summed E-state index contributed by atoms with van der Waals surface area (Å²) in [7, 11) is 0. The van der Waals surface area contributed by atoms with Gasteiger partial charge in [0.25, 0.3) is 0 Å². The highest BCUT2D eigenvalue weighted by Gasteiger charge is 2.18. The van der Waals surface area contributed by atoms with Crippen molar-refractivity contribution in [3.63, 3.8) is 0 Å². The Balaban J connectivity index is 1.85. The SMILES string of the molecule is Cc1nc(N)c(C)c(NCCC2CCCC(C)C2)n1. The molecule has 0 radical (unpaired) electrons. The van der Waals surface area contributed by atoms with Crippen LogP contribution in [0.3, 0.4) is 0 Å². The van der Waals surface area contributed by atoms with Crippen LogP contribution < -0.4 is 11.1 Å². The zero-order valence-corrected chi connectivity index (χ0v) is 12.4. The van der Waals surface area contributed by atoms with Crippen LogP contribution in [0.4, 0.5) is 11.6 Å². The van der Waals surface area contributed by atoms with Crippen LogP contribution in [0.2, 0.25) is 0 Å². The van der Waals surface area contributed by atoms with Crippen LogP contribution >= 0.6 is 0 Å². The summed E-state index contributed by atoms with van der Waals surface area (Å²) in [4.78, 5) is 8.60. The van der Waals surface area contributed by atoms with Crippen molar-refractivity contribution in [3.05, 3.63) is 11.4 Å². The standard InChI is InChI=1S/C15H26N4/c1-10-5-4-6-13(9-10)7-8-17-15-11(2)14(16)18-12(3)19-15/h10,13H,4-9H2,1-3H3,(H3,16,17,18,19). The number of hydrogen-bond donors (Lipinski definition) is 2. The molecule has 2 unspecified atom stereocenters. The van der Waals surface area contributed by atoms with Crippen molar-refractivity contribution in [3.8, 4) is 0 Å². The van der Waals surface area contributed by atoms with E-state index in [0.29, 0.717) is 5.82 Å². The Morgan fingerprint density at radius 2 is 2.05 bits per heavy atom. The molecule has 0 saturated heterocycles. The summed E-state index contributed by atoms with van der Waals surface area (Å²) < 4.78 is 0. The molecule has 1 heterocycles. The Morgan fingerprint density at radius 1 is 1.26 bits per heavy atom. The van der Waals surface area contributed by atoms with Gasteiger partial charge in [0.1, 0.15) is 17.5 Å². The summed E-state index contributed by atoms with van der Waals surface area (Å²) in [6.07, 6.45) is 6.80. The third kappa shape index (κ3) is 3.82. The topological polar surface area (TPSA) is 63.8 Å². The monoisotopic (exact) mass is 262 g/mol. The summed E-state index contributed by atoms with van der Waals surface area (Å²) >= 11 is 0. The predicted octanol–water partition coefficient (Wildman–Crippen LogP) is 3.30. The van der Waals surface area contributed by atoms with E-state index in [-0.39, 0.29) is 0 Å². The second-order valence-electron chi connectivity index (χ2n) is 5.98. The molecule has 1 aliphatic carbocycles. The van der Waals surface area contributed by atoms with Crippen molar-refractivity contribution in [2.24, 2.45) is 11.8 Å². The van der Waals surface area contributed by atoms with Gasteiger partial charge in [0, 0.05) is 12.1 Å². The summed E-state index contributed by atoms with van der Waals surface area (Å²) in [5.74, 6) is 3.99. The molecule has 0 spiro atoms. The molecule has 1 fully saturated rings. The van der Waals surface area contributed by atoms with Crippen LogP contribution in [0.5, 0.6) is 0 Å². The molecule has 4 heteroatoms. The molecular weight excluding hydrogens is 236 g/mol. The first-order chi connectivity index (χ1) is 9.06. The predicted molar refractivity (Wildman–Crippen MR) is 80.1 cm³/mol. The van der Waals surface area contributed by atoms with Crippen LogP contribution in [-0.4, -0.2) is 16.5 Å². The van der Waals surface area contributed by atoms with Gasteiger partial charge in [-0.3, -0.25) is 0 Å². The minimum Gasteiger partial charge on any atom is -0.383 e. The van der Waals surface area contributed by atoms with Gasteiger partial charge in [0.15, 0.2) is 0 Å². The number of nitrogen functional groups attached to an aromatic ring is 1. The Kier molecular flexibility index (Phi) is 4.61. The molecule has 19 heavy (non-hydrogen) atoms. The quantitative estimate of drug-likeness (QED) is 0.874. The number of anilines is 2. The fraction of sp³-hybridized carbons (Fsp3) is 0.733. The zero-order valence-electron chi connectivity index (χ0n) is 12.4. The molecule has 4 nitrogen and oxygen atoms in total. The molecule has 1 saturated carbocycles. The van der Waals surface area contributed by atoms with E-state index in [0.717, 1.165) is 35.6 Å². The van der Waals surface area contributed by atoms with Gasteiger partial charge >= 0.3 is 0 Å². The van der Waals surface area contributed by atoms with Crippen molar-refractivity contribution < 1.29 is 0 Å². The van der Waals surface area contributed by atoms with Gasteiger partial charge in [-0.15, -0.1) is 0 Å². The second kappa shape index (κ2) is 6.22. The molecule has 0 aliphatic heterocycles. The lowest BCUT2D eigenvalue weighted by atomic mass is 9.81. The molecule has 0 amide bonds. The molecule has 2 rings (SSSR count). The lowest BCUT2D eigenvalue weighted by Crippen LogP contribution is -2.17. The largest absolute Gasteiger partial charge is 0.383 e. The van der Waals surface area contributed by atoms with Crippen molar-refractivity contribution in [2.45, 2.75) is 52.9 Å². The number of aryl methyl sites for hydroxylation is 1. The summed E-state index contributed by atoms with van der Waals surface area (Å²) in [5.41, 5.74) is 6.82. The summed E-state index contributed by atoms with van der Waals surface area (Å²) in [5, 5.41) is 3.43. The van der Waals surface area contributed by atoms with Crippen molar-refractivity contribution in [2.75, 3.05) is 17.6 Å². The van der Waals surface area contributed by atoms with Gasteiger partial charge in [-0.25, -0.2) is 9.97 Å². The van der Waals surface area contributed by atoms with Gasteiger partial charge in [-0.2, -0.15) is 0 Å². The van der Waals surface area contributed by atoms with Crippen LogP contribution in [0.1, 0.15) is 50.4 Å². The third-order valence-corrected chi connectivity index (χ3v) is 4.19. The summed E-state index contributed by atoms with van der Waals surface area (Å²) in [6.45, 7) is 7.20. The number of nitrogens with two attached hydrogens (primary N) is 1. The van der Waals surface area contributed by atoms with Gasteiger partial charge in [-0.1, -0.05) is 26.2 Å². The average molecular weight is 262 g/mol.